The minimum atomic E-state index is -0.816. The van der Waals surface area contributed by atoms with E-state index in [0.717, 1.165) is 28.8 Å². The highest BCUT2D eigenvalue weighted by Gasteiger charge is 2.40. The first-order valence-electron chi connectivity index (χ1n) is 17.3. The SMILES string of the molecule is CCCCCCCCCCCCCCOC(=O)c1cc(Cl)c(-n2[nH]c(Nc3ccc(Cl)cc3Cl)c(N3C(=O)c4ccccc4C3=O)c2=O)c(Cl)c1. The van der Waals surface area contributed by atoms with E-state index < -0.39 is 23.3 Å². The van der Waals surface area contributed by atoms with Crippen molar-refractivity contribution in [1.29, 1.82) is 0 Å². The molecule has 2 N–H and O–H groups in total. The lowest BCUT2D eigenvalue weighted by Crippen LogP contribution is -2.34. The molecular weight excluding hydrogens is 734 g/mol. The number of benzene rings is 3. The van der Waals surface area contributed by atoms with Crippen LogP contribution in [0.3, 0.4) is 0 Å². The minimum Gasteiger partial charge on any atom is -0.462 e. The fraction of sp³-hybridized carbons (Fsp3) is 0.368. The van der Waals surface area contributed by atoms with Gasteiger partial charge in [0.1, 0.15) is 5.69 Å². The van der Waals surface area contributed by atoms with E-state index in [1.165, 1.54) is 88.1 Å². The van der Waals surface area contributed by atoms with Crippen molar-refractivity contribution in [2.45, 2.75) is 84.0 Å². The maximum Gasteiger partial charge on any atom is 0.338 e. The first-order valence-corrected chi connectivity index (χ1v) is 18.8. The summed E-state index contributed by atoms with van der Waals surface area (Å²) in [7, 11) is 0. The van der Waals surface area contributed by atoms with Gasteiger partial charge in [0.25, 0.3) is 17.4 Å². The monoisotopic (exact) mass is 772 g/mol. The Morgan fingerprint density at radius 2 is 1.25 bits per heavy atom. The molecule has 1 aliphatic rings. The third kappa shape index (κ3) is 9.19. The van der Waals surface area contributed by atoms with Crippen LogP contribution in [0.2, 0.25) is 20.1 Å². The van der Waals surface area contributed by atoms with E-state index in [9.17, 15) is 19.2 Å². The van der Waals surface area contributed by atoms with Gasteiger partial charge < -0.3 is 10.1 Å². The Morgan fingerprint density at radius 1 is 0.706 bits per heavy atom. The summed E-state index contributed by atoms with van der Waals surface area (Å²) >= 11 is 25.8. The number of carbonyl (C=O) groups is 3. The van der Waals surface area contributed by atoms with Crippen LogP contribution in [0.25, 0.3) is 5.69 Å². The van der Waals surface area contributed by atoms with Gasteiger partial charge in [0.15, 0.2) is 11.5 Å². The lowest BCUT2D eigenvalue weighted by atomic mass is 10.1. The van der Waals surface area contributed by atoms with Crippen molar-refractivity contribution in [3.63, 3.8) is 0 Å². The molecule has 0 saturated carbocycles. The number of carbonyl (C=O) groups excluding carboxylic acids is 3. The van der Waals surface area contributed by atoms with E-state index in [0.29, 0.717) is 10.7 Å². The molecule has 5 rings (SSSR count). The van der Waals surface area contributed by atoms with Gasteiger partial charge in [-0.05, 0) is 48.9 Å². The van der Waals surface area contributed by atoms with Gasteiger partial charge in [-0.15, -0.1) is 0 Å². The standard InChI is InChI=1S/C38H40Cl4N4O5/c1-2-3-4-5-6-7-8-9-10-11-12-15-20-51-38(50)24-21-29(41)32(30(42)22-24)46-37(49)33(34(44-46)43-31-19-18-25(39)23-28(31)40)45-35(47)26-16-13-14-17-27(26)36(45)48/h13-14,16-19,21-23,43-44H,2-12,15,20H2,1H3. The molecule has 2 heterocycles. The zero-order valence-electron chi connectivity index (χ0n) is 28.3. The van der Waals surface area contributed by atoms with Crippen LogP contribution >= 0.6 is 46.4 Å². The molecule has 13 heteroatoms. The van der Waals surface area contributed by atoms with Crippen molar-refractivity contribution < 1.29 is 19.1 Å². The Morgan fingerprint density at radius 3 is 1.80 bits per heavy atom. The highest BCUT2D eigenvalue weighted by molar-refractivity contribution is 6.39. The van der Waals surface area contributed by atoms with E-state index >= 15 is 0 Å². The number of H-pyrrole nitrogens is 1. The maximum atomic E-state index is 14.1. The molecule has 0 radical (unpaired) electrons. The lowest BCUT2D eigenvalue weighted by Gasteiger charge is -2.14. The number of aromatic amines is 1. The van der Waals surface area contributed by atoms with E-state index in [4.69, 9.17) is 51.1 Å². The molecule has 9 nitrogen and oxygen atoms in total. The molecule has 0 fully saturated rings. The summed E-state index contributed by atoms with van der Waals surface area (Å²) in [5, 5.41) is 6.38. The average molecular weight is 775 g/mol. The summed E-state index contributed by atoms with van der Waals surface area (Å²) in [4.78, 5) is 54.8. The fourth-order valence-corrected chi connectivity index (χ4v) is 7.20. The number of hydrogen-bond donors (Lipinski definition) is 2. The summed E-state index contributed by atoms with van der Waals surface area (Å²) < 4.78 is 6.48. The van der Waals surface area contributed by atoms with Crippen molar-refractivity contribution in [3.05, 3.63) is 102 Å². The summed E-state index contributed by atoms with van der Waals surface area (Å²) in [6.07, 6.45) is 14.4. The Labute approximate surface area is 317 Å². The first kappa shape index (κ1) is 38.5. The van der Waals surface area contributed by atoms with Crippen LogP contribution in [-0.2, 0) is 4.74 Å². The molecule has 1 aromatic heterocycles. The number of imide groups is 1. The van der Waals surface area contributed by atoms with Crippen LogP contribution < -0.4 is 15.8 Å². The number of aromatic nitrogens is 2. The average Bonchev–Trinajstić information content (AvgIpc) is 3.54. The number of amides is 2. The topological polar surface area (TPSA) is 114 Å². The molecule has 0 atom stereocenters. The number of esters is 1. The lowest BCUT2D eigenvalue weighted by molar-refractivity contribution is 0.0497. The number of halogens is 4. The number of ether oxygens (including phenoxy) is 1. The van der Waals surface area contributed by atoms with Crippen LogP contribution in [0.1, 0.15) is 115 Å². The van der Waals surface area contributed by atoms with E-state index in [1.54, 1.807) is 24.3 Å². The quantitative estimate of drug-likeness (QED) is 0.0591. The van der Waals surface area contributed by atoms with Gasteiger partial charge in [0.2, 0.25) is 0 Å². The number of nitrogens with one attached hydrogen (secondary N) is 2. The molecule has 51 heavy (non-hydrogen) atoms. The van der Waals surface area contributed by atoms with Crippen LogP contribution in [0.5, 0.6) is 0 Å². The van der Waals surface area contributed by atoms with Crippen LogP contribution in [0.15, 0.2) is 59.4 Å². The number of rotatable bonds is 18. The second-order valence-corrected chi connectivity index (χ2v) is 14.2. The van der Waals surface area contributed by atoms with Gasteiger partial charge in [-0.2, -0.15) is 0 Å². The van der Waals surface area contributed by atoms with Crippen LogP contribution in [-0.4, -0.2) is 34.2 Å². The molecular formula is C38H40Cl4N4O5. The molecule has 1 aliphatic heterocycles. The van der Waals surface area contributed by atoms with Crippen molar-refractivity contribution in [1.82, 2.24) is 9.78 Å². The largest absolute Gasteiger partial charge is 0.462 e. The number of hydrogen-bond acceptors (Lipinski definition) is 6. The zero-order valence-corrected chi connectivity index (χ0v) is 31.4. The van der Waals surface area contributed by atoms with Crippen molar-refractivity contribution >= 4 is 81.4 Å². The van der Waals surface area contributed by atoms with Gasteiger partial charge in [-0.25, -0.2) is 14.4 Å². The smallest absolute Gasteiger partial charge is 0.338 e. The summed E-state index contributed by atoms with van der Waals surface area (Å²) in [6.45, 7) is 2.49. The minimum absolute atomic E-state index is 0.00560. The maximum absolute atomic E-state index is 14.1. The number of unbranched alkanes of at least 4 members (excludes halogenated alkanes) is 11. The van der Waals surface area contributed by atoms with Crippen molar-refractivity contribution in [2.24, 2.45) is 0 Å². The molecule has 4 aromatic rings. The highest BCUT2D eigenvalue weighted by atomic mass is 35.5. The molecule has 0 saturated heterocycles. The number of nitrogens with zero attached hydrogens (tertiary/aromatic N) is 2. The van der Waals surface area contributed by atoms with E-state index in [1.807, 2.05) is 0 Å². The Hall–Kier alpha value is -3.76. The molecule has 3 aromatic carbocycles. The molecule has 0 aliphatic carbocycles. The normalized spacial score (nSPS) is 12.5. The van der Waals surface area contributed by atoms with Crippen LogP contribution in [0.4, 0.5) is 17.2 Å². The van der Waals surface area contributed by atoms with Crippen LogP contribution in [0, 0.1) is 0 Å². The van der Waals surface area contributed by atoms with Crippen molar-refractivity contribution in [3.8, 4) is 5.69 Å². The predicted octanol–water partition coefficient (Wildman–Crippen LogP) is 11.2. The van der Waals surface area contributed by atoms with Gasteiger partial charge in [0.05, 0.1) is 44.1 Å². The summed E-state index contributed by atoms with van der Waals surface area (Å²) in [5.74, 6) is -2.02. The van der Waals surface area contributed by atoms with Crippen molar-refractivity contribution in [2.75, 3.05) is 16.8 Å². The second kappa shape index (κ2) is 18.1. The molecule has 2 amide bonds. The van der Waals surface area contributed by atoms with E-state index in [2.05, 4.69) is 17.3 Å². The third-order valence-corrected chi connectivity index (χ3v) is 9.91. The molecule has 0 bridgehead atoms. The fourth-order valence-electron chi connectivity index (χ4n) is 6.09. The molecule has 0 spiro atoms. The number of fused-ring (bicyclic) bond motifs is 1. The molecule has 270 valence electrons. The van der Waals surface area contributed by atoms with Gasteiger partial charge >= 0.3 is 5.97 Å². The van der Waals surface area contributed by atoms with Gasteiger partial charge in [-0.1, -0.05) is 136 Å². The first-order chi connectivity index (χ1) is 24.6. The predicted molar refractivity (Wildman–Crippen MR) is 205 cm³/mol. The van der Waals surface area contributed by atoms with Gasteiger partial charge in [0, 0.05) is 5.02 Å². The number of anilines is 3. The Kier molecular flexibility index (Phi) is 13.7. The third-order valence-electron chi connectivity index (χ3n) is 8.78. The van der Waals surface area contributed by atoms with Gasteiger partial charge in [-0.3, -0.25) is 19.5 Å². The second-order valence-electron chi connectivity index (χ2n) is 12.5. The Bertz CT molecular complexity index is 1900. The zero-order chi connectivity index (χ0) is 36.5. The molecule has 0 unspecified atom stereocenters. The summed E-state index contributed by atoms with van der Waals surface area (Å²) in [5.41, 5.74) is -0.405. The van der Waals surface area contributed by atoms with E-state index in [-0.39, 0.29) is 55.6 Å². The Balaban J connectivity index is 1.29. The highest BCUT2D eigenvalue weighted by Crippen LogP contribution is 2.37. The summed E-state index contributed by atoms with van der Waals surface area (Å²) in [6, 6.07) is 13.6.